The number of rotatable bonds is 21. The largest absolute Gasteiger partial charge is 0.508 e. The first-order chi connectivity index (χ1) is 27.1. The van der Waals surface area contributed by atoms with Gasteiger partial charge in [-0.05, 0) is 84.3 Å². The van der Waals surface area contributed by atoms with Gasteiger partial charge in [-0.2, -0.15) is 0 Å². The highest BCUT2D eigenvalue weighted by molar-refractivity contribution is 7.89. The molecular formula is C45H54N2O8S. The molecule has 1 atom stereocenters. The zero-order valence-electron chi connectivity index (χ0n) is 31.7. The lowest BCUT2D eigenvalue weighted by Gasteiger charge is -2.31. The minimum atomic E-state index is -3.66. The van der Waals surface area contributed by atoms with Gasteiger partial charge in [0.15, 0.2) is 0 Å². The molecule has 0 saturated carbocycles. The van der Waals surface area contributed by atoms with Crippen LogP contribution in [0, 0.1) is 0 Å². The molecule has 0 amide bonds. The Balaban J connectivity index is 0.000000271. The van der Waals surface area contributed by atoms with E-state index in [2.05, 4.69) is 5.32 Å². The minimum absolute atomic E-state index is 0.0324. The summed E-state index contributed by atoms with van der Waals surface area (Å²) in [5.74, 6) is -0.846. The van der Waals surface area contributed by atoms with Crippen molar-refractivity contribution in [3.05, 3.63) is 167 Å². The first-order valence-electron chi connectivity index (χ1n) is 19.0. The van der Waals surface area contributed by atoms with Gasteiger partial charge < -0.3 is 30.5 Å². The van der Waals surface area contributed by atoms with E-state index in [0.717, 1.165) is 80.4 Å². The number of aliphatic carboxylic acids is 1. The fraction of sp³-hybridized carbons (Fsp3) is 0.311. The van der Waals surface area contributed by atoms with Crippen LogP contribution in [0.1, 0.15) is 78.0 Å². The molecule has 0 radical (unpaired) electrons. The van der Waals surface area contributed by atoms with Gasteiger partial charge in [-0.3, -0.25) is 4.79 Å². The van der Waals surface area contributed by atoms with Crippen LogP contribution in [0.15, 0.2) is 138 Å². The molecule has 0 bridgehead atoms. The number of carboxylic acid groups (broad SMARTS) is 1. The maximum absolute atomic E-state index is 12.4. The zero-order chi connectivity index (χ0) is 40.2. The molecule has 10 nitrogen and oxygen atoms in total. The third kappa shape index (κ3) is 12.8. The third-order valence-electron chi connectivity index (χ3n) is 9.56. The van der Waals surface area contributed by atoms with Crippen LogP contribution in [-0.4, -0.2) is 61.1 Å². The van der Waals surface area contributed by atoms with Gasteiger partial charge in [0.1, 0.15) is 11.2 Å². The molecule has 0 saturated heterocycles. The number of aliphatic hydroxyl groups is 2. The van der Waals surface area contributed by atoms with Crippen LogP contribution in [-0.2, 0) is 38.0 Å². The Hall–Kier alpha value is -4.88. The van der Waals surface area contributed by atoms with Gasteiger partial charge in [-0.1, -0.05) is 128 Å². The van der Waals surface area contributed by atoms with Crippen molar-refractivity contribution in [2.24, 2.45) is 5.14 Å². The third-order valence-corrected chi connectivity index (χ3v) is 10.5. The van der Waals surface area contributed by atoms with Crippen LogP contribution in [0.2, 0.25) is 0 Å². The van der Waals surface area contributed by atoms with E-state index < -0.39 is 27.5 Å². The number of hydrogen-bond acceptors (Lipinski definition) is 8. The van der Waals surface area contributed by atoms with E-state index in [1.54, 1.807) is 24.3 Å². The molecule has 0 heterocycles. The molecule has 0 aliphatic carbocycles. The molecule has 5 aromatic carbocycles. The summed E-state index contributed by atoms with van der Waals surface area (Å²) in [6.45, 7) is 2.36. The van der Waals surface area contributed by atoms with E-state index in [9.17, 15) is 33.6 Å². The Morgan fingerprint density at radius 2 is 1.27 bits per heavy atom. The Labute approximate surface area is 330 Å². The molecule has 5 aromatic rings. The van der Waals surface area contributed by atoms with E-state index in [-0.39, 0.29) is 17.3 Å². The van der Waals surface area contributed by atoms with Crippen molar-refractivity contribution in [1.82, 2.24) is 5.32 Å². The zero-order valence-corrected chi connectivity index (χ0v) is 32.5. The number of primary sulfonamides is 1. The number of ether oxygens (including phenoxy) is 1. The second kappa shape index (κ2) is 22.6. The molecule has 0 aliphatic heterocycles. The Kier molecular flexibility index (Phi) is 17.7. The Morgan fingerprint density at radius 3 is 1.82 bits per heavy atom. The molecule has 298 valence electrons. The van der Waals surface area contributed by atoms with E-state index in [1.165, 1.54) is 12.1 Å². The highest BCUT2D eigenvalue weighted by Gasteiger charge is 2.43. The fourth-order valence-corrected chi connectivity index (χ4v) is 7.16. The smallest absolute Gasteiger partial charge is 0.323 e. The number of benzene rings is 5. The van der Waals surface area contributed by atoms with Crippen molar-refractivity contribution in [2.75, 3.05) is 26.3 Å². The quantitative estimate of drug-likeness (QED) is 0.0343. The van der Waals surface area contributed by atoms with E-state index in [1.807, 2.05) is 97.1 Å². The molecule has 5 rings (SSSR count). The number of aryl methyl sites for hydroxylation is 1. The maximum atomic E-state index is 12.4. The maximum Gasteiger partial charge on any atom is 0.323 e. The number of phenols is 1. The van der Waals surface area contributed by atoms with Crippen molar-refractivity contribution in [3.63, 3.8) is 0 Å². The fourth-order valence-electron chi connectivity index (χ4n) is 6.57. The minimum Gasteiger partial charge on any atom is -0.508 e. The first-order valence-corrected chi connectivity index (χ1v) is 20.5. The van der Waals surface area contributed by atoms with Gasteiger partial charge in [-0.15, -0.1) is 0 Å². The number of nitrogens with one attached hydrogen (secondary N) is 1. The predicted octanol–water partition coefficient (Wildman–Crippen LogP) is 6.86. The van der Waals surface area contributed by atoms with Gasteiger partial charge in [0.05, 0.1) is 17.6 Å². The summed E-state index contributed by atoms with van der Waals surface area (Å²) in [7, 11) is -3.66. The molecule has 7 N–H and O–H groups in total. The standard InChI is InChI=1S/C25H38N2O6S.C20H16O2/c26-34(31,32)23-10-6-8-20(16-23)9-7-15-33-14-5-3-1-2-4-13-27-18-25(30)21-11-12-24(29)22(17-21)19-28;21-19(22)20(16-10-4-1-5-11-16,17-12-6-2-7-13-17)18-14-8-3-9-15-18/h6,8,10-12,16-17,25,27-30H,1-5,7,9,13-15,18-19H2,(H2,26,31,32);1-15H,(H,21,22)/t25-;/m0./s1. The Morgan fingerprint density at radius 1 is 0.714 bits per heavy atom. The SMILES string of the molecule is NS(=O)(=O)c1cccc(CCCOCCCCCCCNC[C@H](O)c2ccc(O)c(CO)c2)c1.O=C(O)C(c1ccccc1)(c1ccccc1)c1ccccc1. The number of carbonyl (C=O) groups is 1. The highest BCUT2D eigenvalue weighted by Crippen LogP contribution is 2.39. The second-order valence-electron chi connectivity index (χ2n) is 13.6. The van der Waals surface area contributed by atoms with E-state index in [0.29, 0.717) is 24.3 Å². The van der Waals surface area contributed by atoms with Crippen LogP contribution in [0.25, 0.3) is 0 Å². The van der Waals surface area contributed by atoms with Crippen LogP contribution in [0.3, 0.4) is 0 Å². The number of aliphatic hydroxyl groups excluding tert-OH is 2. The number of sulfonamides is 1. The lowest BCUT2D eigenvalue weighted by Crippen LogP contribution is -2.38. The van der Waals surface area contributed by atoms with Gasteiger partial charge in [-0.25, -0.2) is 13.6 Å². The van der Waals surface area contributed by atoms with Crippen LogP contribution >= 0.6 is 0 Å². The van der Waals surface area contributed by atoms with Crippen LogP contribution in [0.5, 0.6) is 5.75 Å². The van der Waals surface area contributed by atoms with Gasteiger partial charge in [0.2, 0.25) is 10.0 Å². The second-order valence-corrected chi connectivity index (χ2v) is 15.2. The lowest BCUT2D eigenvalue weighted by molar-refractivity contribution is -0.140. The van der Waals surface area contributed by atoms with Crippen LogP contribution < -0.4 is 10.5 Å². The number of hydrogen-bond donors (Lipinski definition) is 6. The molecule has 0 spiro atoms. The Bertz CT molecular complexity index is 1920. The molecule has 0 fully saturated rings. The van der Waals surface area contributed by atoms with Crippen molar-refractivity contribution in [3.8, 4) is 5.75 Å². The van der Waals surface area contributed by atoms with Gasteiger partial charge in [0.25, 0.3) is 0 Å². The topological polar surface area (TPSA) is 179 Å². The molecule has 11 heteroatoms. The van der Waals surface area contributed by atoms with E-state index in [4.69, 9.17) is 9.88 Å². The van der Waals surface area contributed by atoms with Gasteiger partial charge in [0, 0.05) is 25.3 Å². The molecule has 56 heavy (non-hydrogen) atoms. The van der Waals surface area contributed by atoms with Crippen LogP contribution in [0.4, 0.5) is 0 Å². The molecule has 0 aromatic heterocycles. The van der Waals surface area contributed by atoms with Gasteiger partial charge >= 0.3 is 5.97 Å². The number of carboxylic acids is 1. The highest BCUT2D eigenvalue weighted by atomic mass is 32.2. The number of unbranched alkanes of at least 4 members (excludes halogenated alkanes) is 4. The summed E-state index contributed by atoms with van der Waals surface area (Å²) in [4.78, 5) is 12.6. The summed E-state index contributed by atoms with van der Waals surface area (Å²) in [5, 5.41) is 47.6. The number of nitrogens with two attached hydrogens (primary N) is 1. The summed E-state index contributed by atoms with van der Waals surface area (Å²) in [5.41, 5.74) is 3.07. The summed E-state index contributed by atoms with van der Waals surface area (Å²) < 4.78 is 28.5. The average molecular weight is 783 g/mol. The summed E-state index contributed by atoms with van der Waals surface area (Å²) in [6, 6.07) is 39.6. The molecule has 0 unspecified atom stereocenters. The van der Waals surface area contributed by atoms with Crippen molar-refractivity contribution in [1.29, 1.82) is 0 Å². The number of aromatic hydroxyl groups is 1. The van der Waals surface area contributed by atoms with E-state index >= 15 is 0 Å². The molecule has 0 aliphatic rings. The van der Waals surface area contributed by atoms with Crippen molar-refractivity contribution >= 4 is 16.0 Å². The average Bonchev–Trinajstić information content (AvgIpc) is 3.21. The monoisotopic (exact) mass is 782 g/mol. The lowest BCUT2D eigenvalue weighted by atomic mass is 9.69. The normalized spacial score (nSPS) is 12.1. The summed E-state index contributed by atoms with van der Waals surface area (Å²) in [6.07, 6.45) is 6.29. The molecular weight excluding hydrogens is 729 g/mol. The first kappa shape index (κ1) is 43.8. The van der Waals surface area contributed by atoms with Crippen molar-refractivity contribution in [2.45, 2.75) is 68.0 Å². The summed E-state index contributed by atoms with van der Waals surface area (Å²) >= 11 is 0. The predicted molar refractivity (Wildman–Crippen MR) is 219 cm³/mol. The van der Waals surface area contributed by atoms with Crippen molar-refractivity contribution < 1.29 is 38.4 Å².